The van der Waals surface area contributed by atoms with Crippen molar-refractivity contribution in [3.8, 4) is 11.1 Å². The molecule has 9 rings (SSSR count). The summed E-state index contributed by atoms with van der Waals surface area (Å²) in [5.74, 6) is 0.708. The molecule has 7 aromatic rings. The fraction of sp³-hybridized carbons (Fsp3) is 0.176. The van der Waals surface area contributed by atoms with Crippen LogP contribution < -0.4 is 20.2 Å². The van der Waals surface area contributed by atoms with E-state index in [0.717, 1.165) is 6.42 Å². The van der Waals surface area contributed by atoms with Gasteiger partial charge in [-0.15, -0.1) is 0 Å². The van der Waals surface area contributed by atoms with Crippen LogP contribution in [0, 0.1) is 0 Å². The second kappa shape index (κ2) is 14.6. The van der Waals surface area contributed by atoms with Crippen molar-refractivity contribution < 1.29 is 0 Å². The third-order valence-electron chi connectivity index (χ3n) is 11.9. The smallest absolute Gasteiger partial charge is 0.113 e. The Bertz CT molecular complexity index is 2340. The maximum Gasteiger partial charge on any atom is 0.113 e. The lowest BCUT2D eigenvalue weighted by Crippen LogP contribution is -2.49. The Morgan fingerprint density at radius 2 is 0.870 bits per heavy atom. The summed E-state index contributed by atoms with van der Waals surface area (Å²) in [4.78, 5) is 4.79. The van der Waals surface area contributed by atoms with Gasteiger partial charge in [0, 0.05) is 34.1 Å². The predicted octanol–water partition coefficient (Wildman–Crippen LogP) is 13.1. The van der Waals surface area contributed by atoms with Gasteiger partial charge in [-0.1, -0.05) is 135 Å². The molecule has 1 aliphatic carbocycles. The molecule has 2 nitrogen and oxygen atoms in total. The number of nitrogens with zero attached hydrogens (tertiary/aromatic N) is 2. The molecule has 0 saturated heterocycles. The highest BCUT2D eigenvalue weighted by Crippen LogP contribution is 2.39. The van der Waals surface area contributed by atoms with Crippen molar-refractivity contribution in [2.24, 2.45) is 0 Å². The number of rotatable bonds is 9. The molecule has 3 heteroatoms. The van der Waals surface area contributed by atoms with E-state index in [1.54, 1.807) is 0 Å². The zero-order valence-electron chi connectivity index (χ0n) is 31.5. The summed E-state index contributed by atoms with van der Waals surface area (Å²) in [6.07, 6.45) is 7.62. The van der Waals surface area contributed by atoms with Gasteiger partial charge in [-0.05, 0) is 136 Å². The van der Waals surface area contributed by atoms with Gasteiger partial charge in [0.25, 0.3) is 0 Å². The molecule has 54 heavy (non-hydrogen) atoms. The quantitative estimate of drug-likeness (QED) is 0.137. The van der Waals surface area contributed by atoms with Crippen molar-refractivity contribution in [3.05, 3.63) is 193 Å². The van der Waals surface area contributed by atoms with E-state index in [2.05, 4.69) is 199 Å². The van der Waals surface area contributed by atoms with Crippen LogP contribution in [0.4, 0.5) is 34.1 Å². The second-order valence-electron chi connectivity index (χ2n) is 15.7. The first-order chi connectivity index (χ1) is 26.5. The highest BCUT2D eigenvalue weighted by molar-refractivity contribution is 7.03. The topological polar surface area (TPSA) is 6.48 Å². The normalized spacial score (nSPS) is 14.6. The van der Waals surface area contributed by atoms with Crippen LogP contribution in [0.1, 0.15) is 54.7 Å². The fourth-order valence-corrected chi connectivity index (χ4v) is 12.1. The van der Waals surface area contributed by atoms with Crippen LogP contribution in [0.5, 0.6) is 0 Å². The number of anilines is 6. The fourth-order valence-electron chi connectivity index (χ4n) is 8.97. The zero-order valence-corrected chi connectivity index (χ0v) is 32.5. The Morgan fingerprint density at radius 3 is 1.44 bits per heavy atom. The first-order valence-electron chi connectivity index (χ1n) is 19.8. The van der Waals surface area contributed by atoms with E-state index in [-0.39, 0.29) is 0 Å². The van der Waals surface area contributed by atoms with Gasteiger partial charge in [0.05, 0.1) is 0 Å². The summed E-state index contributed by atoms with van der Waals surface area (Å²) in [7, 11) is -1.80. The maximum absolute atomic E-state index is 2.49. The summed E-state index contributed by atoms with van der Waals surface area (Å²) < 4.78 is 0. The van der Waals surface area contributed by atoms with Crippen molar-refractivity contribution in [2.75, 3.05) is 9.80 Å². The molecule has 1 saturated carbocycles. The van der Waals surface area contributed by atoms with Crippen LogP contribution >= 0.6 is 0 Å². The molecule has 1 fully saturated rings. The van der Waals surface area contributed by atoms with Crippen LogP contribution in [0.3, 0.4) is 0 Å². The summed E-state index contributed by atoms with van der Waals surface area (Å²) in [5, 5.41) is 3.06. The van der Waals surface area contributed by atoms with Crippen LogP contribution in [-0.2, 0) is 6.42 Å². The number of para-hydroxylation sites is 2. The highest BCUT2D eigenvalue weighted by Gasteiger charge is 2.37. The molecule has 0 amide bonds. The predicted molar refractivity (Wildman–Crippen MR) is 233 cm³/mol. The SMILES string of the molecule is C[Si]1(C)c2ccccc2-c2ccc(N(c3ccccc3)c3ccc(Cc4ccc(N(c5ccccc5)c5ccc(C6CCCCC6)cc5)cc4)cc3)cc21. The number of benzene rings is 7. The Balaban J connectivity index is 0.969. The van der Waals surface area contributed by atoms with E-state index < -0.39 is 8.07 Å². The van der Waals surface area contributed by atoms with E-state index in [1.807, 2.05) is 0 Å². The molecule has 266 valence electrons. The van der Waals surface area contributed by atoms with Gasteiger partial charge in [0.2, 0.25) is 0 Å². The summed E-state index contributed by atoms with van der Waals surface area (Å²) in [6, 6.07) is 65.3. The van der Waals surface area contributed by atoms with E-state index >= 15 is 0 Å². The second-order valence-corrected chi connectivity index (χ2v) is 20.0. The number of hydrogen-bond donors (Lipinski definition) is 0. The minimum absolute atomic E-state index is 0.708. The third kappa shape index (κ3) is 6.58. The summed E-state index contributed by atoms with van der Waals surface area (Å²) in [5.41, 5.74) is 14.0. The number of hydrogen-bond acceptors (Lipinski definition) is 2. The average Bonchev–Trinajstić information content (AvgIpc) is 3.46. The Morgan fingerprint density at radius 1 is 0.426 bits per heavy atom. The Labute approximate surface area is 322 Å². The van der Waals surface area contributed by atoms with Crippen LogP contribution in [0.15, 0.2) is 176 Å². The van der Waals surface area contributed by atoms with Crippen LogP contribution in [0.25, 0.3) is 11.1 Å². The zero-order chi connectivity index (χ0) is 36.5. The van der Waals surface area contributed by atoms with E-state index in [4.69, 9.17) is 0 Å². The van der Waals surface area contributed by atoms with Gasteiger partial charge in [-0.3, -0.25) is 0 Å². The molecule has 0 unspecified atom stereocenters. The minimum Gasteiger partial charge on any atom is -0.311 e. The molecule has 0 bridgehead atoms. The van der Waals surface area contributed by atoms with Crippen molar-refractivity contribution >= 4 is 52.6 Å². The first kappa shape index (κ1) is 34.1. The molecule has 1 heterocycles. The van der Waals surface area contributed by atoms with Gasteiger partial charge in [-0.25, -0.2) is 0 Å². The molecular formula is C51H48N2Si. The van der Waals surface area contributed by atoms with E-state index in [0.29, 0.717) is 5.92 Å². The van der Waals surface area contributed by atoms with Gasteiger partial charge in [-0.2, -0.15) is 0 Å². The van der Waals surface area contributed by atoms with Gasteiger partial charge >= 0.3 is 0 Å². The van der Waals surface area contributed by atoms with Crippen LogP contribution in [-0.4, -0.2) is 8.07 Å². The van der Waals surface area contributed by atoms with Crippen molar-refractivity contribution in [1.82, 2.24) is 0 Å². The summed E-state index contributed by atoms with van der Waals surface area (Å²) in [6.45, 7) is 4.98. The Kier molecular flexibility index (Phi) is 9.26. The van der Waals surface area contributed by atoms with E-state index in [9.17, 15) is 0 Å². The lowest BCUT2D eigenvalue weighted by atomic mass is 9.84. The largest absolute Gasteiger partial charge is 0.311 e. The molecule has 0 atom stereocenters. The van der Waals surface area contributed by atoms with Crippen molar-refractivity contribution in [1.29, 1.82) is 0 Å². The highest BCUT2D eigenvalue weighted by atomic mass is 28.3. The molecular weight excluding hydrogens is 669 g/mol. The molecule has 0 radical (unpaired) electrons. The van der Waals surface area contributed by atoms with Gasteiger partial charge < -0.3 is 9.80 Å². The lowest BCUT2D eigenvalue weighted by Gasteiger charge is -2.28. The standard InChI is InChI=1S/C51H48N2Si/c1-54(2)50-21-13-12-20-48(50)49-35-34-47(37-51(49)54)53(43-18-10-5-11-19-43)45-30-24-39(25-31-45)36-38-22-28-44(29-23-38)52(42-16-8-4-9-17-42)46-32-26-41(27-33-46)40-14-6-3-7-15-40/h4-5,8-13,16-35,37,40H,3,6-7,14-15,36H2,1-2H3. The summed E-state index contributed by atoms with van der Waals surface area (Å²) >= 11 is 0. The molecule has 1 aliphatic heterocycles. The number of fused-ring (bicyclic) bond motifs is 3. The van der Waals surface area contributed by atoms with Crippen LogP contribution in [0.2, 0.25) is 13.1 Å². The molecule has 0 aromatic heterocycles. The maximum atomic E-state index is 2.49. The monoisotopic (exact) mass is 716 g/mol. The van der Waals surface area contributed by atoms with Gasteiger partial charge in [0.15, 0.2) is 0 Å². The molecule has 0 spiro atoms. The molecule has 0 N–H and O–H groups in total. The van der Waals surface area contributed by atoms with Gasteiger partial charge in [0.1, 0.15) is 8.07 Å². The average molecular weight is 717 g/mol. The minimum atomic E-state index is -1.80. The third-order valence-corrected chi connectivity index (χ3v) is 15.4. The van der Waals surface area contributed by atoms with E-state index in [1.165, 1.54) is 104 Å². The first-order valence-corrected chi connectivity index (χ1v) is 22.8. The molecule has 7 aromatic carbocycles. The van der Waals surface area contributed by atoms with Crippen molar-refractivity contribution in [2.45, 2.75) is 57.5 Å². The Hall–Kier alpha value is -5.64. The molecule has 2 aliphatic rings. The van der Waals surface area contributed by atoms with Crippen molar-refractivity contribution in [3.63, 3.8) is 0 Å². The lowest BCUT2D eigenvalue weighted by molar-refractivity contribution is 0.443.